The highest BCUT2D eigenvalue weighted by atomic mass is 35.5. The molecule has 1 aromatic carbocycles. The predicted octanol–water partition coefficient (Wildman–Crippen LogP) is 2.34. The standard InChI is InChI=1S/C11H10ClFO2/c1-7(14)11(5-15-6-11)9-4-8(12)2-3-10(9)13/h2-4H,5-6H2,1H3. The summed E-state index contributed by atoms with van der Waals surface area (Å²) in [6, 6.07) is 4.25. The smallest absolute Gasteiger partial charge is 0.145 e. The van der Waals surface area contributed by atoms with Gasteiger partial charge in [-0.05, 0) is 25.1 Å². The summed E-state index contributed by atoms with van der Waals surface area (Å²) in [5.74, 6) is -0.493. The number of hydrogen-bond donors (Lipinski definition) is 0. The van der Waals surface area contributed by atoms with Crippen molar-refractivity contribution in [3.8, 4) is 0 Å². The maximum Gasteiger partial charge on any atom is 0.145 e. The third-order valence-corrected chi connectivity index (χ3v) is 3.05. The van der Waals surface area contributed by atoms with Gasteiger partial charge in [-0.25, -0.2) is 4.39 Å². The maximum absolute atomic E-state index is 13.6. The third-order valence-electron chi connectivity index (χ3n) is 2.81. The summed E-state index contributed by atoms with van der Waals surface area (Å²) >= 11 is 5.79. The first-order chi connectivity index (χ1) is 7.06. The summed E-state index contributed by atoms with van der Waals surface area (Å²) < 4.78 is 18.6. The monoisotopic (exact) mass is 228 g/mol. The molecule has 0 amide bonds. The Morgan fingerprint density at radius 3 is 2.67 bits per heavy atom. The van der Waals surface area contributed by atoms with Crippen LogP contribution in [0.15, 0.2) is 18.2 Å². The van der Waals surface area contributed by atoms with E-state index < -0.39 is 11.2 Å². The van der Waals surface area contributed by atoms with Crippen molar-refractivity contribution in [2.75, 3.05) is 13.2 Å². The molecule has 0 unspecified atom stereocenters. The highest BCUT2D eigenvalue weighted by Crippen LogP contribution is 2.36. The molecule has 0 bridgehead atoms. The van der Waals surface area contributed by atoms with E-state index in [2.05, 4.69) is 0 Å². The van der Waals surface area contributed by atoms with Crippen LogP contribution < -0.4 is 0 Å². The molecule has 1 saturated heterocycles. The van der Waals surface area contributed by atoms with Gasteiger partial charge in [-0.2, -0.15) is 0 Å². The fourth-order valence-electron chi connectivity index (χ4n) is 1.72. The fraction of sp³-hybridized carbons (Fsp3) is 0.364. The number of Topliss-reactive ketones (excluding diaryl/α,β-unsaturated/α-hetero) is 1. The van der Waals surface area contributed by atoms with Gasteiger partial charge in [0.05, 0.1) is 13.2 Å². The number of hydrogen-bond acceptors (Lipinski definition) is 2. The fourth-order valence-corrected chi connectivity index (χ4v) is 1.89. The van der Waals surface area contributed by atoms with Crippen molar-refractivity contribution in [1.82, 2.24) is 0 Å². The average molecular weight is 229 g/mol. The molecule has 0 radical (unpaired) electrons. The minimum Gasteiger partial charge on any atom is -0.378 e. The molecule has 0 spiro atoms. The molecule has 0 saturated carbocycles. The minimum atomic E-state index is -0.824. The van der Waals surface area contributed by atoms with Crippen LogP contribution in [0.1, 0.15) is 12.5 Å². The molecule has 0 N–H and O–H groups in total. The Kier molecular flexibility index (Phi) is 2.52. The predicted molar refractivity (Wildman–Crippen MR) is 54.6 cm³/mol. The molecular weight excluding hydrogens is 219 g/mol. The second-order valence-corrected chi connectivity index (χ2v) is 4.19. The lowest BCUT2D eigenvalue weighted by atomic mass is 9.75. The van der Waals surface area contributed by atoms with E-state index in [1.807, 2.05) is 0 Å². The second-order valence-electron chi connectivity index (χ2n) is 3.76. The Bertz CT molecular complexity index is 413. The zero-order valence-corrected chi connectivity index (χ0v) is 8.97. The molecule has 80 valence electrons. The Morgan fingerprint density at radius 1 is 1.53 bits per heavy atom. The first-order valence-electron chi connectivity index (χ1n) is 4.60. The van der Waals surface area contributed by atoms with Crippen LogP contribution in [0.2, 0.25) is 5.02 Å². The van der Waals surface area contributed by atoms with Crippen molar-refractivity contribution in [2.45, 2.75) is 12.3 Å². The van der Waals surface area contributed by atoms with Gasteiger partial charge in [-0.1, -0.05) is 11.6 Å². The van der Waals surface area contributed by atoms with Gasteiger partial charge in [0.15, 0.2) is 0 Å². The van der Waals surface area contributed by atoms with Crippen LogP contribution in [0.25, 0.3) is 0 Å². The Balaban J connectivity index is 2.51. The normalized spacial score (nSPS) is 18.3. The molecule has 1 fully saturated rings. The number of carbonyl (C=O) groups excluding carboxylic acids is 1. The molecule has 0 aromatic heterocycles. The van der Waals surface area contributed by atoms with Crippen LogP contribution in [-0.2, 0) is 14.9 Å². The Morgan fingerprint density at radius 2 is 2.20 bits per heavy atom. The summed E-state index contributed by atoms with van der Waals surface area (Å²) in [5.41, 5.74) is -0.483. The van der Waals surface area contributed by atoms with E-state index >= 15 is 0 Å². The van der Waals surface area contributed by atoms with Crippen molar-refractivity contribution < 1.29 is 13.9 Å². The van der Waals surface area contributed by atoms with E-state index in [1.54, 1.807) is 0 Å². The van der Waals surface area contributed by atoms with Crippen molar-refractivity contribution in [3.05, 3.63) is 34.6 Å². The highest BCUT2D eigenvalue weighted by Gasteiger charge is 2.46. The summed E-state index contributed by atoms with van der Waals surface area (Å²) in [6.45, 7) is 1.92. The topological polar surface area (TPSA) is 26.3 Å². The van der Waals surface area contributed by atoms with Crippen LogP contribution in [0.4, 0.5) is 4.39 Å². The largest absolute Gasteiger partial charge is 0.378 e. The number of benzene rings is 1. The van der Waals surface area contributed by atoms with Gasteiger partial charge in [0.2, 0.25) is 0 Å². The van der Waals surface area contributed by atoms with E-state index in [0.29, 0.717) is 10.6 Å². The minimum absolute atomic E-state index is 0.0880. The number of ketones is 1. The van der Waals surface area contributed by atoms with E-state index in [0.717, 1.165) is 0 Å². The van der Waals surface area contributed by atoms with Gasteiger partial charge < -0.3 is 4.74 Å². The van der Waals surface area contributed by atoms with Gasteiger partial charge in [0.1, 0.15) is 17.0 Å². The lowest BCUT2D eigenvalue weighted by Crippen LogP contribution is -2.52. The van der Waals surface area contributed by atoms with E-state index in [9.17, 15) is 9.18 Å². The SMILES string of the molecule is CC(=O)C1(c2cc(Cl)ccc2F)COC1. The molecular formula is C11H10ClFO2. The van der Waals surface area contributed by atoms with Crippen LogP contribution in [0, 0.1) is 5.82 Å². The van der Waals surface area contributed by atoms with Crippen molar-refractivity contribution >= 4 is 17.4 Å². The molecule has 1 aliphatic rings. The number of halogens is 2. The maximum atomic E-state index is 13.6. The Hall–Kier alpha value is -0.930. The molecule has 2 rings (SSSR count). The second kappa shape index (κ2) is 3.58. The Labute approximate surface area is 92.0 Å². The zero-order chi connectivity index (χ0) is 11.1. The molecule has 1 aromatic rings. The molecule has 1 aliphatic heterocycles. The molecule has 0 aliphatic carbocycles. The molecule has 0 atom stereocenters. The average Bonchev–Trinajstić information content (AvgIpc) is 2.08. The van der Waals surface area contributed by atoms with E-state index in [4.69, 9.17) is 16.3 Å². The number of rotatable bonds is 2. The lowest BCUT2D eigenvalue weighted by Gasteiger charge is -2.39. The summed E-state index contributed by atoms with van der Waals surface area (Å²) in [5, 5.41) is 0.430. The molecule has 4 heteroatoms. The van der Waals surface area contributed by atoms with Crippen molar-refractivity contribution in [3.63, 3.8) is 0 Å². The first-order valence-corrected chi connectivity index (χ1v) is 4.98. The summed E-state index contributed by atoms with van der Waals surface area (Å²) in [7, 11) is 0. The summed E-state index contributed by atoms with van der Waals surface area (Å²) in [4.78, 5) is 11.5. The summed E-state index contributed by atoms with van der Waals surface area (Å²) in [6.07, 6.45) is 0. The van der Waals surface area contributed by atoms with Gasteiger partial charge in [0, 0.05) is 10.6 Å². The van der Waals surface area contributed by atoms with Crippen LogP contribution >= 0.6 is 11.6 Å². The van der Waals surface area contributed by atoms with Crippen molar-refractivity contribution in [1.29, 1.82) is 0 Å². The first kappa shape index (κ1) is 10.6. The van der Waals surface area contributed by atoms with Crippen LogP contribution in [-0.4, -0.2) is 19.0 Å². The van der Waals surface area contributed by atoms with Gasteiger partial charge >= 0.3 is 0 Å². The zero-order valence-electron chi connectivity index (χ0n) is 8.22. The highest BCUT2D eigenvalue weighted by molar-refractivity contribution is 6.30. The van der Waals surface area contributed by atoms with E-state index in [-0.39, 0.29) is 19.0 Å². The van der Waals surface area contributed by atoms with Gasteiger partial charge in [-0.3, -0.25) is 4.79 Å². The quantitative estimate of drug-likeness (QED) is 0.777. The van der Waals surface area contributed by atoms with Gasteiger partial charge in [0.25, 0.3) is 0 Å². The number of carbonyl (C=O) groups is 1. The molecule has 1 heterocycles. The van der Waals surface area contributed by atoms with Gasteiger partial charge in [-0.15, -0.1) is 0 Å². The van der Waals surface area contributed by atoms with Crippen LogP contribution in [0.3, 0.4) is 0 Å². The number of ether oxygens (including phenoxy) is 1. The molecule has 2 nitrogen and oxygen atoms in total. The van der Waals surface area contributed by atoms with E-state index in [1.165, 1.54) is 25.1 Å². The third kappa shape index (κ3) is 1.56. The van der Waals surface area contributed by atoms with Crippen molar-refractivity contribution in [2.24, 2.45) is 0 Å². The molecule has 15 heavy (non-hydrogen) atoms. The van der Waals surface area contributed by atoms with Crippen LogP contribution in [0.5, 0.6) is 0 Å². The lowest BCUT2D eigenvalue weighted by molar-refractivity contribution is -0.140.